The Morgan fingerprint density at radius 3 is 2.50 bits per heavy atom. The van der Waals surface area contributed by atoms with Crippen molar-refractivity contribution in [1.82, 2.24) is 19.8 Å². The van der Waals surface area contributed by atoms with Gasteiger partial charge in [0.2, 0.25) is 16.0 Å². The minimum absolute atomic E-state index is 0.0588. The van der Waals surface area contributed by atoms with Gasteiger partial charge >= 0.3 is 0 Å². The Labute approximate surface area is 267 Å². The zero-order valence-corrected chi connectivity index (χ0v) is 27.9. The SMILES string of the molecule is COc1cc(N2CCC(N3CCCN(C)CC3)CC2)c(C)cc1Nc1ncc(Br)c(Nc2ccc(F)cc2NS(C)(=O)=O)n1. The van der Waals surface area contributed by atoms with Gasteiger partial charge in [-0.05, 0) is 86.0 Å². The van der Waals surface area contributed by atoms with Crippen molar-refractivity contribution in [3.8, 4) is 5.75 Å². The number of likely N-dealkylation sites (N-methyl/N-ethyl adjacent to an activating group) is 1. The second kappa shape index (κ2) is 13.8. The lowest BCUT2D eigenvalue weighted by Crippen LogP contribution is -2.46. The van der Waals surface area contributed by atoms with Crippen LogP contribution < -0.4 is 25.0 Å². The maximum atomic E-state index is 13.9. The fourth-order valence-electron chi connectivity index (χ4n) is 5.86. The molecule has 2 aromatic carbocycles. The molecular weight excluding hydrogens is 651 g/mol. The summed E-state index contributed by atoms with van der Waals surface area (Å²) in [5.41, 5.74) is 3.37. The van der Waals surface area contributed by atoms with Crippen LogP contribution in [0.4, 0.5) is 38.9 Å². The standard InChI is InChI=1S/C30H40BrFN8O3S/c1-20-16-26(28(43-3)18-27(20)40-12-8-22(9-13-40)39-11-5-10-38(2)14-15-39)35-30-33-19-23(31)29(36-30)34-24-7-6-21(32)17-25(24)37-44(4,41)42/h6-7,16-19,22,37H,5,8-15H2,1-4H3,(H2,33,34,35,36). The number of halogens is 2. The number of hydrogen-bond acceptors (Lipinski definition) is 10. The Kier molecular flexibility index (Phi) is 10.1. The number of sulfonamides is 1. The van der Waals surface area contributed by atoms with Gasteiger partial charge < -0.3 is 25.2 Å². The predicted molar refractivity (Wildman–Crippen MR) is 178 cm³/mol. The summed E-state index contributed by atoms with van der Waals surface area (Å²) in [6, 6.07) is 8.51. The highest BCUT2D eigenvalue weighted by atomic mass is 79.9. The maximum Gasteiger partial charge on any atom is 0.229 e. The van der Waals surface area contributed by atoms with Crippen molar-refractivity contribution in [2.45, 2.75) is 32.2 Å². The highest BCUT2D eigenvalue weighted by Gasteiger charge is 2.27. The summed E-state index contributed by atoms with van der Waals surface area (Å²) in [5, 5.41) is 6.33. The third-order valence-electron chi connectivity index (χ3n) is 8.11. The van der Waals surface area contributed by atoms with Crippen LogP contribution in [0.2, 0.25) is 0 Å². The van der Waals surface area contributed by atoms with Crippen LogP contribution in [-0.2, 0) is 10.0 Å². The molecule has 0 amide bonds. The van der Waals surface area contributed by atoms with Crippen molar-refractivity contribution in [2.75, 3.05) is 79.9 Å². The van der Waals surface area contributed by atoms with Crippen molar-refractivity contribution in [3.05, 3.63) is 52.4 Å². The van der Waals surface area contributed by atoms with Crippen LogP contribution >= 0.6 is 15.9 Å². The molecule has 0 saturated carbocycles. The van der Waals surface area contributed by atoms with Crippen molar-refractivity contribution >= 4 is 60.5 Å². The summed E-state index contributed by atoms with van der Waals surface area (Å²) in [5.74, 6) is 0.746. The molecule has 44 heavy (non-hydrogen) atoms. The summed E-state index contributed by atoms with van der Waals surface area (Å²) in [6.45, 7) is 8.73. The Morgan fingerprint density at radius 2 is 1.77 bits per heavy atom. The van der Waals surface area contributed by atoms with Crippen molar-refractivity contribution in [1.29, 1.82) is 0 Å². The van der Waals surface area contributed by atoms with Gasteiger partial charge in [0.1, 0.15) is 17.4 Å². The number of nitrogens with zero attached hydrogens (tertiary/aromatic N) is 5. The zero-order valence-electron chi connectivity index (χ0n) is 25.5. The number of aryl methyl sites for hydroxylation is 1. The molecule has 2 fully saturated rings. The number of methoxy groups -OCH3 is 1. The Hall–Kier alpha value is -3.20. The minimum atomic E-state index is -3.64. The lowest BCUT2D eigenvalue weighted by Gasteiger charge is -2.39. The molecule has 2 saturated heterocycles. The van der Waals surface area contributed by atoms with Gasteiger partial charge in [0.25, 0.3) is 0 Å². The first kappa shape index (κ1) is 32.2. The van der Waals surface area contributed by atoms with Gasteiger partial charge in [-0.1, -0.05) is 0 Å². The summed E-state index contributed by atoms with van der Waals surface area (Å²) in [7, 11) is 0.217. The molecule has 11 nitrogen and oxygen atoms in total. The molecule has 2 aliphatic heterocycles. The van der Waals surface area contributed by atoms with Gasteiger partial charge in [0.15, 0.2) is 0 Å². The van der Waals surface area contributed by atoms with E-state index in [4.69, 9.17) is 4.74 Å². The Bertz CT molecular complexity index is 1590. The predicted octanol–water partition coefficient (Wildman–Crippen LogP) is 5.16. The molecule has 3 aromatic rings. The largest absolute Gasteiger partial charge is 0.494 e. The average molecular weight is 692 g/mol. The van der Waals surface area contributed by atoms with E-state index in [9.17, 15) is 12.8 Å². The summed E-state index contributed by atoms with van der Waals surface area (Å²) >= 11 is 3.44. The molecule has 14 heteroatoms. The van der Waals surface area contributed by atoms with Gasteiger partial charge in [-0.2, -0.15) is 4.98 Å². The van der Waals surface area contributed by atoms with Gasteiger partial charge in [-0.25, -0.2) is 17.8 Å². The summed E-state index contributed by atoms with van der Waals surface area (Å²) in [6.07, 6.45) is 6.09. The van der Waals surface area contributed by atoms with Crippen LogP contribution in [0.15, 0.2) is 41.0 Å². The highest BCUT2D eigenvalue weighted by Crippen LogP contribution is 2.37. The Balaban J connectivity index is 1.30. The Morgan fingerprint density at radius 1 is 1.00 bits per heavy atom. The summed E-state index contributed by atoms with van der Waals surface area (Å²) < 4.78 is 46.2. The normalized spacial score (nSPS) is 17.3. The molecular formula is C30H40BrFN8O3S. The van der Waals surface area contributed by atoms with Gasteiger partial charge in [0.05, 0.1) is 34.9 Å². The van der Waals surface area contributed by atoms with Crippen LogP contribution in [0.25, 0.3) is 0 Å². The van der Waals surface area contributed by atoms with E-state index in [1.807, 2.05) is 6.07 Å². The van der Waals surface area contributed by atoms with E-state index in [1.165, 1.54) is 31.6 Å². The maximum absolute atomic E-state index is 13.9. The average Bonchev–Trinajstić information content (AvgIpc) is 3.20. The molecule has 3 N–H and O–H groups in total. The van der Waals surface area contributed by atoms with Crippen LogP contribution in [0.3, 0.4) is 0 Å². The molecule has 1 aromatic heterocycles. The number of anilines is 6. The number of aromatic nitrogens is 2. The number of benzene rings is 2. The van der Waals surface area contributed by atoms with Crippen molar-refractivity contribution in [3.63, 3.8) is 0 Å². The number of rotatable bonds is 9. The van der Waals surface area contributed by atoms with Crippen LogP contribution in [0, 0.1) is 12.7 Å². The van der Waals surface area contributed by atoms with E-state index >= 15 is 0 Å². The molecule has 0 aliphatic carbocycles. The second-order valence-electron chi connectivity index (χ2n) is 11.5. The minimum Gasteiger partial charge on any atom is -0.494 e. The van der Waals surface area contributed by atoms with Crippen molar-refractivity contribution < 1.29 is 17.5 Å². The first-order valence-electron chi connectivity index (χ1n) is 14.7. The highest BCUT2D eigenvalue weighted by molar-refractivity contribution is 9.10. The zero-order chi connectivity index (χ0) is 31.4. The molecule has 2 aliphatic rings. The first-order valence-corrected chi connectivity index (χ1v) is 17.4. The molecule has 0 atom stereocenters. The quantitative estimate of drug-likeness (QED) is 0.278. The fraction of sp³-hybridized carbons (Fsp3) is 0.467. The topological polar surface area (TPSA) is 115 Å². The van der Waals surface area contributed by atoms with Crippen LogP contribution in [-0.4, -0.2) is 93.9 Å². The molecule has 238 valence electrons. The number of hydrogen-bond donors (Lipinski definition) is 3. The summed E-state index contributed by atoms with van der Waals surface area (Å²) in [4.78, 5) is 16.5. The van der Waals surface area contributed by atoms with Gasteiger partial charge in [0, 0.05) is 56.2 Å². The van der Waals surface area contributed by atoms with Crippen LogP contribution in [0.1, 0.15) is 24.8 Å². The van der Waals surface area contributed by atoms with E-state index in [0.717, 1.165) is 62.6 Å². The van der Waals surface area contributed by atoms with E-state index in [-0.39, 0.29) is 5.69 Å². The monoisotopic (exact) mass is 690 g/mol. The van der Waals surface area contributed by atoms with Crippen LogP contribution in [0.5, 0.6) is 5.75 Å². The second-order valence-corrected chi connectivity index (χ2v) is 14.1. The molecule has 5 rings (SSSR count). The molecule has 0 unspecified atom stereocenters. The van der Waals surface area contributed by atoms with Crippen molar-refractivity contribution in [2.24, 2.45) is 0 Å². The third-order valence-corrected chi connectivity index (χ3v) is 9.29. The van der Waals surface area contributed by atoms with E-state index in [2.05, 4.69) is 76.0 Å². The lowest BCUT2D eigenvalue weighted by atomic mass is 10.0. The van der Waals surface area contributed by atoms with E-state index in [0.29, 0.717) is 39.4 Å². The molecule has 0 spiro atoms. The molecule has 0 radical (unpaired) electrons. The number of piperidine rings is 1. The fourth-order valence-corrected chi connectivity index (χ4v) is 6.72. The van der Waals surface area contributed by atoms with Gasteiger partial charge in [-0.3, -0.25) is 9.62 Å². The lowest BCUT2D eigenvalue weighted by molar-refractivity contribution is 0.174. The first-order chi connectivity index (χ1) is 21.0. The third kappa shape index (κ3) is 8.09. The van der Waals surface area contributed by atoms with Gasteiger partial charge in [-0.15, -0.1) is 0 Å². The smallest absolute Gasteiger partial charge is 0.229 e. The number of ether oxygens (including phenoxy) is 1. The number of nitrogens with one attached hydrogen (secondary N) is 3. The van der Waals surface area contributed by atoms with E-state index < -0.39 is 15.8 Å². The molecule has 3 heterocycles. The molecule has 0 bridgehead atoms. The van der Waals surface area contributed by atoms with E-state index in [1.54, 1.807) is 13.3 Å².